The number of rotatable bonds is 3. The summed E-state index contributed by atoms with van der Waals surface area (Å²) in [5.74, 6) is 0. The molecule has 0 heterocycles. The van der Waals surface area contributed by atoms with Gasteiger partial charge in [0.15, 0.2) is 0 Å². The highest BCUT2D eigenvalue weighted by Gasteiger charge is 2.16. The zero-order valence-corrected chi connectivity index (χ0v) is 12.1. The van der Waals surface area contributed by atoms with E-state index in [0.29, 0.717) is 10.6 Å². The van der Waals surface area contributed by atoms with Crippen molar-refractivity contribution in [2.45, 2.75) is 25.7 Å². The predicted molar refractivity (Wildman–Crippen MR) is 77.9 cm³/mol. The van der Waals surface area contributed by atoms with Crippen molar-refractivity contribution in [1.82, 2.24) is 0 Å². The largest absolute Gasteiger partial charge is 0.280 e. The van der Waals surface area contributed by atoms with Gasteiger partial charge in [0.05, 0.1) is 4.90 Å². The summed E-state index contributed by atoms with van der Waals surface area (Å²) in [4.78, 5) is 0.313. The van der Waals surface area contributed by atoms with Crippen molar-refractivity contribution >= 4 is 15.7 Å². The van der Waals surface area contributed by atoms with Crippen molar-refractivity contribution in [3.05, 3.63) is 59.2 Å². The van der Waals surface area contributed by atoms with E-state index >= 15 is 0 Å². The molecule has 1 N–H and O–H groups in total. The number of hydrogen-bond donors (Lipinski definition) is 1. The van der Waals surface area contributed by atoms with E-state index in [0.717, 1.165) is 16.7 Å². The van der Waals surface area contributed by atoms with Gasteiger partial charge in [0.1, 0.15) is 0 Å². The van der Waals surface area contributed by atoms with Crippen molar-refractivity contribution in [2.24, 2.45) is 0 Å². The van der Waals surface area contributed by atoms with Gasteiger partial charge in [0.25, 0.3) is 10.0 Å². The van der Waals surface area contributed by atoms with Gasteiger partial charge in [-0.15, -0.1) is 0 Å². The van der Waals surface area contributed by atoms with E-state index < -0.39 is 10.0 Å². The lowest BCUT2D eigenvalue weighted by Crippen LogP contribution is -2.14. The van der Waals surface area contributed by atoms with E-state index in [1.54, 1.807) is 31.2 Å². The molecule has 0 unspecified atom stereocenters. The van der Waals surface area contributed by atoms with Gasteiger partial charge >= 0.3 is 0 Å². The molecule has 4 heteroatoms. The van der Waals surface area contributed by atoms with Gasteiger partial charge in [-0.1, -0.05) is 24.3 Å². The van der Waals surface area contributed by atoms with Crippen LogP contribution in [-0.2, 0) is 10.0 Å². The lowest BCUT2D eigenvalue weighted by atomic mass is 10.1. The van der Waals surface area contributed by atoms with Crippen LogP contribution in [0.4, 0.5) is 5.69 Å². The summed E-state index contributed by atoms with van der Waals surface area (Å²) in [5, 5.41) is 0. The Bertz CT molecular complexity index is 706. The molecular formula is C15H17NO2S. The molecule has 0 atom stereocenters. The van der Waals surface area contributed by atoms with E-state index in [1.165, 1.54) is 0 Å². The van der Waals surface area contributed by atoms with Gasteiger partial charge < -0.3 is 0 Å². The Hall–Kier alpha value is -1.81. The minimum atomic E-state index is -3.52. The number of hydrogen-bond acceptors (Lipinski definition) is 2. The highest BCUT2D eigenvalue weighted by Crippen LogP contribution is 2.20. The highest BCUT2D eigenvalue weighted by atomic mass is 32.2. The molecule has 2 aromatic carbocycles. The standard InChI is InChI=1S/C15H17NO2S/c1-11-8-9-14(10-13(11)3)16-19(17,18)15-7-5-4-6-12(15)2/h4-10,16H,1-3H3. The first-order valence-electron chi connectivity index (χ1n) is 6.06. The Balaban J connectivity index is 2.37. The Morgan fingerprint density at radius 1 is 0.842 bits per heavy atom. The normalized spacial score (nSPS) is 11.3. The topological polar surface area (TPSA) is 46.2 Å². The maximum Gasteiger partial charge on any atom is 0.262 e. The average Bonchev–Trinajstić information content (AvgIpc) is 2.34. The molecule has 0 fully saturated rings. The van der Waals surface area contributed by atoms with Gasteiger partial charge in [0.2, 0.25) is 0 Å². The van der Waals surface area contributed by atoms with Gasteiger partial charge in [0, 0.05) is 5.69 Å². The quantitative estimate of drug-likeness (QED) is 0.933. The van der Waals surface area contributed by atoms with Crippen molar-refractivity contribution < 1.29 is 8.42 Å². The first kappa shape index (κ1) is 13.6. The fourth-order valence-corrected chi connectivity index (χ4v) is 3.17. The van der Waals surface area contributed by atoms with E-state index in [4.69, 9.17) is 0 Å². The summed E-state index contributed by atoms with van der Waals surface area (Å²) >= 11 is 0. The summed E-state index contributed by atoms with van der Waals surface area (Å²) in [7, 11) is -3.52. The molecule has 2 aromatic rings. The third kappa shape index (κ3) is 2.96. The van der Waals surface area contributed by atoms with E-state index in [9.17, 15) is 8.42 Å². The first-order valence-corrected chi connectivity index (χ1v) is 7.54. The smallest absolute Gasteiger partial charge is 0.262 e. The molecule has 2 rings (SSSR count). The Morgan fingerprint density at radius 3 is 2.16 bits per heavy atom. The fourth-order valence-electron chi connectivity index (χ4n) is 1.87. The van der Waals surface area contributed by atoms with Crippen LogP contribution in [0.25, 0.3) is 0 Å². The van der Waals surface area contributed by atoms with Crippen LogP contribution in [0.3, 0.4) is 0 Å². The zero-order valence-electron chi connectivity index (χ0n) is 11.3. The second-order valence-corrected chi connectivity index (χ2v) is 6.32. The molecule has 0 aliphatic rings. The molecule has 19 heavy (non-hydrogen) atoms. The molecular weight excluding hydrogens is 258 g/mol. The second kappa shape index (κ2) is 5.05. The van der Waals surface area contributed by atoms with Crippen LogP contribution >= 0.6 is 0 Å². The minimum Gasteiger partial charge on any atom is -0.280 e. The van der Waals surface area contributed by atoms with Gasteiger partial charge in [-0.05, 0) is 55.7 Å². The number of aryl methyl sites for hydroxylation is 3. The van der Waals surface area contributed by atoms with Crippen molar-refractivity contribution in [3.8, 4) is 0 Å². The van der Waals surface area contributed by atoms with Crippen LogP contribution < -0.4 is 4.72 Å². The molecule has 0 aliphatic carbocycles. The zero-order chi connectivity index (χ0) is 14.0. The molecule has 0 saturated carbocycles. The molecule has 3 nitrogen and oxygen atoms in total. The van der Waals surface area contributed by atoms with Crippen LogP contribution in [-0.4, -0.2) is 8.42 Å². The van der Waals surface area contributed by atoms with Crippen molar-refractivity contribution in [1.29, 1.82) is 0 Å². The average molecular weight is 275 g/mol. The van der Waals surface area contributed by atoms with Crippen molar-refractivity contribution in [3.63, 3.8) is 0 Å². The lowest BCUT2D eigenvalue weighted by molar-refractivity contribution is 0.600. The SMILES string of the molecule is Cc1ccc(NS(=O)(=O)c2ccccc2C)cc1C. The van der Waals surface area contributed by atoms with Crippen molar-refractivity contribution in [2.75, 3.05) is 4.72 Å². The molecule has 0 amide bonds. The number of sulfonamides is 1. The Morgan fingerprint density at radius 2 is 1.53 bits per heavy atom. The molecule has 0 spiro atoms. The second-order valence-electron chi connectivity index (χ2n) is 4.67. The number of nitrogens with one attached hydrogen (secondary N) is 1. The lowest BCUT2D eigenvalue weighted by Gasteiger charge is -2.11. The number of benzene rings is 2. The van der Waals surface area contributed by atoms with Gasteiger partial charge in [-0.2, -0.15) is 0 Å². The highest BCUT2D eigenvalue weighted by molar-refractivity contribution is 7.92. The van der Waals surface area contributed by atoms with Crippen LogP contribution in [0.1, 0.15) is 16.7 Å². The fraction of sp³-hybridized carbons (Fsp3) is 0.200. The summed E-state index contributed by atoms with van der Waals surface area (Å²) < 4.78 is 27.2. The molecule has 100 valence electrons. The molecule has 0 bridgehead atoms. The third-order valence-corrected chi connectivity index (χ3v) is 4.68. The Kier molecular flexibility index (Phi) is 3.62. The van der Waals surface area contributed by atoms with Crippen LogP contribution in [0.5, 0.6) is 0 Å². The predicted octanol–water partition coefficient (Wildman–Crippen LogP) is 3.41. The maximum absolute atomic E-state index is 12.3. The first-order chi connectivity index (χ1) is 8.90. The van der Waals surface area contributed by atoms with Gasteiger partial charge in [-0.3, -0.25) is 4.72 Å². The van der Waals surface area contributed by atoms with Gasteiger partial charge in [-0.25, -0.2) is 8.42 Å². The summed E-state index contributed by atoms with van der Waals surface area (Å²) in [5.41, 5.74) is 3.52. The monoisotopic (exact) mass is 275 g/mol. The van der Waals surface area contributed by atoms with Crippen LogP contribution in [0, 0.1) is 20.8 Å². The summed E-state index contributed by atoms with van der Waals surface area (Å²) in [6.45, 7) is 5.74. The Labute approximate surface area is 114 Å². The molecule has 0 radical (unpaired) electrons. The molecule has 0 aromatic heterocycles. The third-order valence-electron chi connectivity index (χ3n) is 3.14. The van der Waals surface area contributed by atoms with E-state index in [2.05, 4.69) is 4.72 Å². The van der Waals surface area contributed by atoms with Crippen LogP contribution in [0.15, 0.2) is 47.4 Å². The summed E-state index contributed by atoms with van der Waals surface area (Å²) in [6, 6.07) is 12.5. The van der Waals surface area contributed by atoms with Crippen LogP contribution in [0.2, 0.25) is 0 Å². The molecule has 0 saturated heterocycles. The van der Waals surface area contributed by atoms with E-state index in [-0.39, 0.29) is 0 Å². The number of anilines is 1. The summed E-state index contributed by atoms with van der Waals surface area (Å²) in [6.07, 6.45) is 0. The van der Waals surface area contributed by atoms with E-state index in [1.807, 2.05) is 32.0 Å². The molecule has 0 aliphatic heterocycles. The maximum atomic E-state index is 12.3. The minimum absolute atomic E-state index is 0.313.